The van der Waals surface area contributed by atoms with Crippen LogP contribution >= 0.6 is 0 Å². The van der Waals surface area contributed by atoms with E-state index in [2.05, 4.69) is 77.3 Å². The van der Waals surface area contributed by atoms with Gasteiger partial charge in [0.25, 0.3) is 0 Å². The summed E-state index contributed by atoms with van der Waals surface area (Å²) in [5.74, 6) is 1.26. The van der Waals surface area contributed by atoms with Crippen molar-refractivity contribution in [3.05, 3.63) is 76.6 Å². The molecule has 0 N–H and O–H groups in total. The van der Waals surface area contributed by atoms with Crippen LogP contribution in [0.4, 0.5) is 4.39 Å². The number of hydrogen-bond acceptors (Lipinski definition) is 1. The quantitative estimate of drug-likeness (QED) is 0.456. The number of likely N-dealkylation sites (tertiary alicyclic amines) is 1. The van der Waals surface area contributed by atoms with Gasteiger partial charge in [-0.25, -0.2) is 4.39 Å². The standard InChI is InChI=1S/C31H42FN/c1-21(2)16-25-19-31(20-26-17-22(3)8-10-27(25)26)12-14-33(15-13-31)23(4)24-9-11-28(29(32)18-24)30(5,6)7/h8-11,17-18,21,25H,4,12-16,19-20H2,1-3,5-7H3. The van der Waals surface area contributed by atoms with Gasteiger partial charge in [0, 0.05) is 24.4 Å². The molecule has 1 unspecified atom stereocenters. The monoisotopic (exact) mass is 447 g/mol. The van der Waals surface area contributed by atoms with Crippen molar-refractivity contribution >= 4 is 5.70 Å². The fraction of sp³-hybridized carbons (Fsp3) is 0.548. The maximum Gasteiger partial charge on any atom is 0.127 e. The second-order valence-electron chi connectivity index (χ2n) is 12.3. The van der Waals surface area contributed by atoms with E-state index in [1.165, 1.54) is 37.7 Å². The molecule has 1 saturated heterocycles. The molecule has 2 aromatic carbocycles. The minimum atomic E-state index is -0.191. The van der Waals surface area contributed by atoms with Crippen LogP contribution in [0.1, 0.15) is 94.0 Å². The number of piperidine rings is 1. The summed E-state index contributed by atoms with van der Waals surface area (Å²) < 4.78 is 14.8. The Morgan fingerprint density at radius 2 is 1.82 bits per heavy atom. The van der Waals surface area contributed by atoms with Crippen molar-refractivity contribution in [3.8, 4) is 0 Å². The van der Waals surface area contributed by atoms with Crippen LogP contribution in [-0.2, 0) is 11.8 Å². The Hall–Kier alpha value is -2.09. The first kappa shape index (κ1) is 24.0. The second kappa shape index (κ2) is 8.93. The van der Waals surface area contributed by atoms with E-state index in [0.717, 1.165) is 29.9 Å². The Morgan fingerprint density at radius 3 is 2.42 bits per heavy atom. The van der Waals surface area contributed by atoms with Crippen molar-refractivity contribution in [3.63, 3.8) is 0 Å². The van der Waals surface area contributed by atoms with E-state index in [4.69, 9.17) is 0 Å². The molecule has 0 saturated carbocycles. The lowest BCUT2D eigenvalue weighted by molar-refractivity contribution is 0.107. The molecule has 33 heavy (non-hydrogen) atoms. The van der Waals surface area contributed by atoms with Crippen molar-refractivity contribution in [2.24, 2.45) is 11.3 Å². The lowest BCUT2D eigenvalue weighted by Crippen LogP contribution is -2.43. The van der Waals surface area contributed by atoms with Gasteiger partial charge in [0.2, 0.25) is 0 Å². The lowest BCUT2D eigenvalue weighted by Gasteiger charge is -2.48. The molecule has 1 heterocycles. The third-order valence-corrected chi connectivity index (χ3v) is 8.06. The van der Waals surface area contributed by atoms with Crippen molar-refractivity contribution in [2.45, 2.75) is 85.0 Å². The number of benzene rings is 2. The molecule has 4 rings (SSSR count). The first-order valence-electron chi connectivity index (χ1n) is 12.8. The van der Waals surface area contributed by atoms with Crippen LogP contribution in [0.5, 0.6) is 0 Å². The number of rotatable bonds is 4. The molecule has 2 aromatic rings. The normalized spacial score (nSPS) is 20.2. The lowest BCUT2D eigenvalue weighted by atomic mass is 9.61. The average molecular weight is 448 g/mol. The van der Waals surface area contributed by atoms with Crippen LogP contribution in [-0.4, -0.2) is 18.0 Å². The van der Waals surface area contributed by atoms with Crippen LogP contribution in [0, 0.1) is 24.1 Å². The van der Waals surface area contributed by atoms with Gasteiger partial charge < -0.3 is 4.90 Å². The van der Waals surface area contributed by atoms with E-state index in [0.29, 0.717) is 17.3 Å². The Balaban J connectivity index is 1.50. The molecule has 0 bridgehead atoms. The van der Waals surface area contributed by atoms with Gasteiger partial charge in [-0.05, 0) is 84.5 Å². The number of halogens is 1. The number of fused-ring (bicyclic) bond motifs is 1. The summed E-state index contributed by atoms with van der Waals surface area (Å²) in [5.41, 5.74) is 7.40. The molecule has 2 aliphatic rings. The first-order chi connectivity index (χ1) is 15.5. The predicted molar refractivity (Wildman–Crippen MR) is 139 cm³/mol. The molecule has 1 nitrogen and oxygen atoms in total. The van der Waals surface area contributed by atoms with Crippen molar-refractivity contribution < 1.29 is 4.39 Å². The van der Waals surface area contributed by atoms with Crippen LogP contribution in [0.25, 0.3) is 5.70 Å². The van der Waals surface area contributed by atoms with Crippen LogP contribution < -0.4 is 0 Å². The predicted octanol–water partition coefficient (Wildman–Crippen LogP) is 8.26. The fourth-order valence-corrected chi connectivity index (χ4v) is 6.29. The fourth-order valence-electron chi connectivity index (χ4n) is 6.29. The van der Waals surface area contributed by atoms with E-state index in [-0.39, 0.29) is 11.2 Å². The average Bonchev–Trinajstić information content (AvgIpc) is 2.72. The number of hydrogen-bond donors (Lipinski definition) is 0. The number of aryl methyl sites for hydroxylation is 1. The smallest absolute Gasteiger partial charge is 0.127 e. The molecule has 1 spiro atoms. The molecule has 0 aromatic heterocycles. The molecule has 1 aliphatic carbocycles. The van der Waals surface area contributed by atoms with Crippen LogP contribution in [0.3, 0.4) is 0 Å². The minimum absolute atomic E-state index is 0.120. The Morgan fingerprint density at radius 1 is 1.12 bits per heavy atom. The van der Waals surface area contributed by atoms with Gasteiger partial charge in [-0.1, -0.05) is 77.1 Å². The maximum absolute atomic E-state index is 14.8. The summed E-state index contributed by atoms with van der Waals surface area (Å²) in [7, 11) is 0. The summed E-state index contributed by atoms with van der Waals surface area (Å²) in [6.07, 6.45) is 6.16. The third-order valence-electron chi connectivity index (χ3n) is 8.06. The van der Waals surface area contributed by atoms with E-state index in [1.54, 1.807) is 17.2 Å². The summed E-state index contributed by atoms with van der Waals surface area (Å²) in [5, 5.41) is 0. The van der Waals surface area contributed by atoms with Gasteiger partial charge in [0.1, 0.15) is 5.82 Å². The zero-order valence-corrected chi connectivity index (χ0v) is 21.6. The molecule has 1 aliphatic heterocycles. The van der Waals surface area contributed by atoms with Crippen LogP contribution in [0.15, 0.2) is 43.0 Å². The summed E-state index contributed by atoms with van der Waals surface area (Å²) in [6, 6.07) is 12.8. The largest absolute Gasteiger partial charge is 0.371 e. The third kappa shape index (κ3) is 5.05. The molecule has 2 heteroatoms. The van der Waals surface area contributed by atoms with Crippen LogP contribution in [0.2, 0.25) is 0 Å². The first-order valence-corrected chi connectivity index (χ1v) is 12.8. The maximum atomic E-state index is 14.8. The zero-order valence-electron chi connectivity index (χ0n) is 21.6. The van der Waals surface area contributed by atoms with E-state index < -0.39 is 0 Å². The minimum Gasteiger partial charge on any atom is -0.371 e. The number of nitrogens with zero attached hydrogens (tertiary/aromatic N) is 1. The SMILES string of the molecule is C=C(c1ccc(C(C)(C)C)c(F)c1)N1CCC2(CC1)Cc1cc(C)ccc1C(CC(C)C)C2. The Kier molecular flexibility index (Phi) is 6.51. The van der Waals surface area contributed by atoms with Crippen molar-refractivity contribution in [1.82, 2.24) is 4.90 Å². The highest BCUT2D eigenvalue weighted by atomic mass is 19.1. The van der Waals surface area contributed by atoms with E-state index in [9.17, 15) is 4.39 Å². The molecule has 1 fully saturated rings. The highest BCUT2D eigenvalue weighted by molar-refractivity contribution is 5.62. The van der Waals surface area contributed by atoms with Crippen molar-refractivity contribution in [2.75, 3.05) is 13.1 Å². The highest BCUT2D eigenvalue weighted by Gasteiger charge is 2.41. The Labute approximate surface area is 201 Å². The second-order valence-corrected chi connectivity index (χ2v) is 12.3. The molecular formula is C31H42FN. The highest BCUT2D eigenvalue weighted by Crippen LogP contribution is 2.51. The van der Waals surface area contributed by atoms with Gasteiger partial charge in [-0.3, -0.25) is 0 Å². The molecule has 1 atom stereocenters. The van der Waals surface area contributed by atoms with Gasteiger partial charge >= 0.3 is 0 Å². The summed E-state index contributed by atoms with van der Waals surface area (Å²) >= 11 is 0. The van der Waals surface area contributed by atoms with Gasteiger partial charge in [-0.15, -0.1) is 0 Å². The Bertz CT molecular complexity index is 1020. The van der Waals surface area contributed by atoms with E-state index in [1.807, 2.05) is 6.07 Å². The van der Waals surface area contributed by atoms with Gasteiger partial charge in [0.15, 0.2) is 0 Å². The molecule has 178 valence electrons. The molecule has 0 amide bonds. The summed E-state index contributed by atoms with van der Waals surface area (Å²) in [6.45, 7) is 19.5. The van der Waals surface area contributed by atoms with E-state index >= 15 is 0 Å². The van der Waals surface area contributed by atoms with Gasteiger partial charge in [-0.2, -0.15) is 0 Å². The zero-order chi connectivity index (χ0) is 24.0. The molecule has 0 radical (unpaired) electrons. The molecular weight excluding hydrogens is 405 g/mol. The van der Waals surface area contributed by atoms with Crippen molar-refractivity contribution in [1.29, 1.82) is 0 Å². The summed E-state index contributed by atoms with van der Waals surface area (Å²) in [4.78, 5) is 2.39. The van der Waals surface area contributed by atoms with Gasteiger partial charge in [0.05, 0.1) is 0 Å². The topological polar surface area (TPSA) is 3.24 Å².